The summed E-state index contributed by atoms with van der Waals surface area (Å²) < 4.78 is 16.5. The van der Waals surface area contributed by atoms with Crippen LogP contribution in [0.15, 0.2) is 30.3 Å². The van der Waals surface area contributed by atoms with E-state index in [0.29, 0.717) is 5.56 Å². The van der Waals surface area contributed by atoms with Crippen molar-refractivity contribution in [2.75, 3.05) is 7.11 Å². The lowest BCUT2D eigenvalue weighted by Gasteiger charge is -2.50. The molecule has 0 saturated carbocycles. The number of amides is 1. The molecule has 3 aliphatic rings. The lowest BCUT2D eigenvalue weighted by molar-refractivity contribution is -0.216. The van der Waals surface area contributed by atoms with Gasteiger partial charge in [0, 0.05) is 11.5 Å². The third-order valence-corrected chi connectivity index (χ3v) is 5.45. The standard InChI is InChI=1S/C17H19NO6/c1-16(2)10-11-13(23-14(16)20)18(15(21)22-3)17(24-11,12(10)19)9-7-5-4-6-8-9/h4-8,10-13,19H,1-3H3/t10-,11-,12+,13+,17?/m1/s1. The maximum atomic E-state index is 12.4. The monoisotopic (exact) mass is 333 g/mol. The summed E-state index contributed by atoms with van der Waals surface area (Å²) in [6.45, 7) is 3.45. The van der Waals surface area contributed by atoms with Crippen LogP contribution in [0.1, 0.15) is 19.4 Å². The van der Waals surface area contributed by atoms with Crippen molar-refractivity contribution in [1.82, 2.24) is 4.90 Å². The number of aliphatic hydroxyl groups is 1. The minimum absolute atomic E-state index is 0.464. The van der Waals surface area contributed by atoms with Crippen molar-refractivity contribution in [2.45, 2.75) is 38.0 Å². The van der Waals surface area contributed by atoms with E-state index >= 15 is 0 Å². The van der Waals surface area contributed by atoms with Gasteiger partial charge in [0.25, 0.3) is 0 Å². The second-order valence-corrected chi connectivity index (χ2v) is 6.97. The number of aliphatic hydroxyl groups excluding tert-OH is 1. The van der Waals surface area contributed by atoms with Gasteiger partial charge in [0.15, 0.2) is 0 Å². The molecular weight excluding hydrogens is 314 g/mol. The molecule has 0 radical (unpaired) electrons. The number of methoxy groups -OCH3 is 1. The van der Waals surface area contributed by atoms with E-state index in [1.165, 1.54) is 12.0 Å². The highest BCUT2D eigenvalue weighted by atomic mass is 16.7. The fourth-order valence-corrected chi connectivity index (χ4v) is 4.26. The summed E-state index contributed by atoms with van der Waals surface area (Å²) in [6.07, 6.45) is -3.31. The van der Waals surface area contributed by atoms with Crippen LogP contribution in [0.3, 0.4) is 0 Å². The molecule has 1 aromatic rings. The van der Waals surface area contributed by atoms with E-state index in [4.69, 9.17) is 14.2 Å². The van der Waals surface area contributed by atoms with Crippen molar-refractivity contribution in [1.29, 1.82) is 0 Å². The van der Waals surface area contributed by atoms with Gasteiger partial charge < -0.3 is 19.3 Å². The summed E-state index contributed by atoms with van der Waals surface area (Å²) in [4.78, 5) is 26.0. The number of benzene rings is 1. The highest BCUT2D eigenvalue weighted by Gasteiger charge is 2.77. The van der Waals surface area contributed by atoms with Crippen molar-refractivity contribution >= 4 is 12.1 Å². The third-order valence-electron chi connectivity index (χ3n) is 5.45. The molecule has 3 aliphatic heterocycles. The number of carbonyl (C=O) groups is 2. The lowest BCUT2D eigenvalue weighted by atomic mass is 9.67. The summed E-state index contributed by atoms with van der Waals surface area (Å²) in [6, 6.07) is 8.98. The number of hydrogen-bond donors (Lipinski definition) is 1. The molecule has 1 N–H and O–H groups in total. The molecule has 0 spiro atoms. The van der Waals surface area contributed by atoms with Crippen molar-refractivity contribution in [3.8, 4) is 0 Å². The molecule has 3 saturated heterocycles. The molecule has 7 nitrogen and oxygen atoms in total. The van der Waals surface area contributed by atoms with Gasteiger partial charge in [-0.2, -0.15) is 0 Å². The smallest absolute Gasteiger partial charge is 0.415 e. The summed E-state index contributed by atoms with van der Waals surface area (Å²) in [5.41, 5.74) is -1.72. The number of nitrogens with zero attached hydrogens (tertiary/aromatic N) is 1. The van der Waals surface area contributed by atoms with Gasteiger partial charge in [0.1, 0.15) is 12.2 Å². The number of piperidine rings is 1. The zero-order chi connectivity index (χ0) is 17.3. The molecule has 4 rings (SSSR count). The van der Waals surface area contributed by atoms with Crippen LogP contribution in [0.2, 0.25) is 0 Å². The van der Waals surface area contributed by atoms with Gasteiger partial charge in [-0.3, -0.25) is 4.79 Å². The number of likely N-dealkylation sites (tertiary alicyclic amines) is 1. The summed E-state index contributed by atoms with van der Waals surface area (Å²) in [5.74, 6) is -0.946. The fraction of sp³-hybridized carbons (Fsp3) is 0.529. The van der Waals surface area contributed by atoms with E-state index in [9.17, 15) is 14.7 Å². The van der Waals surface area contributed by atoms with E-state index in [1.807, 2.05) is 6.07 Å². The molecule has 1 unspecified atom stereocenters. The highest BCUT2D eigenvalue weighted by Crippen LogP contribution is 2.61. The van der Waals surface area contributed by atoms with Gasteiger partial charge in [0.2, 0.25) is 12.0 Å². The number of carbonyl (C=O) groups excluding carboxylic acids is 2. The Balaban J connectivity index is 1.91. The fourth-order valence-electron chi connectivity index (χ4n) is 4.26. The first-order valence-corrected chi connectivity index (χ1v) is 7.85. The molecule has 1 aromatic carbocycles. The molecule has 3 heterocycles. The van der Waals surface area contributed by atoms with Crippen LogP contribution >= 0.6 is 0 Å². The molecule has 5 atom stereocenters. The topological polar surface area (TPSA) is 85.3 Å². The van der Waals surface area contributed by atoms with Crippen LogP contribution in [-0.4, -0.2) is 47.6 Å². The molecule has 0 aromatic heterocycles. The Labute approximate surface area is 139 Å². The van der Waals surface area contributed by atoms with Crippen molar-refractivity contribution in [2.24, 2.45) is 11.3 Å². The second-order valence-electron chi connectivity index (χ2n) is 6.97. The highest BCUT2D eigenvalue weighted by molar-refractivity contribution is 5.80. The largest absolute Gasteiger partial charge is 0.453 e. The Morgan fingerprint density at radius 3 is 2.58 bits per heavy atom. The van der Waals surface area contributed by atoms with Crippen LogP contribution in [0.5, 0.6) is 0 Å². The minimum atomic E-state index is -1.42. The first-order chi connectivity index (χ1) is 11.4. The Morgan fingerprint density at radius 2 is 1.96 bits per heavy atom. The van der Waals surface area contributed by atoms with Crippen molar-refractivity contribution in [3.05, 3.63) is 35.9 Å². The van der Waals surface area contributed by atoms with E-state index in [2.05, 4.69) is 0 Å². The zero-order valence-electron chi connectivity index (χ0n) is 13.6. The third kappa shape index (κ3) is 1.58. The Morgan fingerprint density at radius 1 is 1.29 bits per heavy atom. The molecule has 128 valence electrons. The maximum Gasteiger partial charge on any atom is 0.415 e. The van der Waals surface area contributed by atoms with Crippen LogP contribution in [0.25, 0.3) is 0 Å². The molecule has 1 amide bonds. The first-order valence-electron chi connectivity index (χ1n) is 7.85. The molecule has 2 bridgehead atoms. The van der Waals surface area contributed by atoms with Crippen molar-refractivity contribution in [3.63, 3.8) is 0 Å². The Bertz CT molecular complexity index is 704. The van der Waals surface area contributed by atoms with Crippen LogP contribution in [-0.2, 0) is 24.7 Å². The number of esters is 1. The van der Waals surface area contributed by atoms with Gasteiger partial charge in [-0.15, -0.1) is 0 Å². The van der Waals surface area contributed by atoms with Gasteiger partial charge in [-0.1, -0.05) is 30.3 Å². The number of rotatable bonds is 1. The first kappa shape index (κ1) is 15.4. The normalized spacial score (nSPS) is 38.8. The van der Waals surface area contributed by atoms with Crippen LogP contribution < -0.4 is 0 Å². The quantitative estimate of drug-likeness (QED) is 0.778. The van der Waals surface area contributed by atoms with Crippen molar-refractivity contribution < 1.29 is 28.9 Å². The van der Waals surface area contributed by atoms with E-state index in [0.717, 1.165) is 0 Å². The zero-order valence-corrected chi connectivity index (χ0v) is 13.6. The van der Waals surface area contributed by atoms with Gasteiger partial charge >= 0.3 is 12.1 Å². The Hall–Kier alpha value is -2.12. The molecular formula is C17H19NO6. The number of fused-ring (bicyclic) bond motifs is 1. The van der Waals surface area contributed by atoms with Gasteiger partial charge in [-0.25, -0.2) is 9.69 Å². The Kier molecular flexibility index (Phi) is 3.02. The summed E-state index contributed by atoms with van der Waals surface area (Å²) >= 11 is 0. The van der Waals surface area contributed by atoms with E-state index < -0.39 is 47.6 Å². The average Bonchev–Trinajstić information content (AvgIpc) is 3.06. The predicted octanol–water partition coefficient (Wildman–Crippen LogP) is 1.21. The maximum absolute atomic E-state index is 12.4. The van der Waals surface area contributed by atoms with Crippen LogP contribution in [0.4, 0.5) is 4.79 Å². The van der Waals surface area contributed by atoms with E-state index in [-0.39, 0.29) is 0 Å². The summed E-state index contributed by atoms with van der Waals surface area (Å²) in [7, 11) is 1.24. The minimum Gasteiger partial charge on any atom is -0.453 e. The van der Waals surface area contributed by atoms with Gasteiger partial charge in [0.05, 0.1) is 12.5 Å². The number of ether oxygens (including phenoxy) is 3. The van der Waals surface area contributed by atoms with E-state index in [1.54, 1.807) is 38.1 Å². The van der Waals surface area contributed by atoms with Crippen LogP contribution in [0, 0.1) is 11.3 Å². The van der Waals surface area contributed by atoms with Gasteiger partial charge in [-0.05, 0) is 13.8 Å². The molecule has 3 fully saturated rings. The summed E-state index contributed by atoms with van der Waals surface area (Å²) in [5, 5.41) is 11.1. The number of hydrogen-bond acceptors (Lipinski definition) is 6. The molecule has 24 heavy (non-hydrogen) atoms. The average molecular weight is 333 g/mol. The second kappa shape index (κ2) is 4.70. The predicted molar refractivity (Wildman–Crippen MR) is 80.4 cm³/mol. The lowest BCUT2D eigenvalue weighted by Crippen LogP contribution is -2.68. The molecule has 0 aliphatic carbocycles. The molecule has 7 heteroatoms. The SMILES string of the molecule is COC(=O)N1[C@H]2OC(=O)C(C)(C)[C@@H]3[C@H]2OC1(c1ccccc1)[C@H]3O.